The van der Waals surface area contributed by atoms with E-state index in [1.165, 1.54) is 18.4 Å². The van der Waals surface area contributed by atoms with Gasteiger partial charge in [-0.2, -0.15) is 0 Å². The second-order valence-corrected chi connectivity index (χ2v) is 6.07. The van der Waals surface area contributed by atoms with Crippen molar-refractivity contribution in [3.05, 3.63) is 29.8 Å². The van der Waals surface area contributed by atoms with E-state index in [-0.39, 0.29) is 6.10 Å². The summed E-state index contributed by atoms with van der Waals surface area (Å²) in [4.78, 5) is 0. The van der Waals surface area contributed by atoms with Crippen molar-refractivity contribution in [2.75, 3.05) is 0 Å². The van der Waals surface area contributed by atoms with Gasteiger partial charge in [-0.15, -0.1) is 0 Å². The molecule has 1 rings (SSSR count). The van der Waals surface area contributed by atoms with Crippen molar-refractivity contribution in [3.8, 4) is 5.75 Å². The Hall–Kier alpha value is -1.02. The Morgan fingerprint density at radius 3 is 2.42 bits per heavy atom. The van der Waals surface area contributed by atoms with Crippen molar-refractivity contribution in [1.29, 1.82) is 0 Å². The molecule has 0 saturated carbocycles. The van der Waals surface area contributed by atoms with Gasteiger partial charge in [0.05, 0.1) is 6.10 Å². The molecular formula is C17H29NO. The zero-order chi connectivity index (χ0) is 14.3. The molecule has 0 spiro atoms. The second-order valence-electron chi connectivity index (χ2n) is 6.07. The lowest BCUT2D eigenvalue weighted by Gasteiger charge is -2.16. The van der Waals surface area contributed by atoms with Crippen molar-refractivity contribution in [2.45, 2.75) is 66.2 Å². The Morgan fingerprint density at radius 1 is 1.05 bits per heavy atom. The number of nitrogens with one attached hydrogen (secondary N) is 1. The molecule has 1 aromatic rings. The highest BCUT2D eigenvalue weighted by molar-refractivity contribution is 5.28. The third kappa shape index (κ3) is 7.22. The Labute approximate surface area is 118 Å². The zero-order valence-corrected chi connectivity index (χ0v) is 13.1. The molecule has 2 nitrogen and oxygen atoms in total. The van der Waals surface area contributed by atoms with Crippen molar-refractivity contribution in [2.24, 2.45) is 5.92 Å². The van der Waals surface area contributed by atoms with Crippen LogP contribution in [0, 0.1) is 5.92 Å². The molecule has 1 aromatic carbocycles. The van der Waals surface area contributed by atoms with Crippen LogP contribution in [0.3, 0.4) is 0 Å². The van der Waals surface area contributed by atoms with Crippen LogP contribution in [0.5, 0.6) is 5.75 Å². The van der Waals surface area contributed by atoms with Gasteiger partial charge in [-0.25, -0.2) is 0 Å². The number of rotatable bonds is 8. The molecule has 0 saturated heterocycles. The maximum Gasteiger partial charge on any atom is 0.120 e. The van der Waals surface area contributed by atoms with Gasteiger partial charge in [0.2, 0.25) is 0 Å². The van der Waals surface area contributed by atoms with E-state index in [9.17, 15) is 0 Å². The third-order valence-corrected chi connectivity index (χ3v) is 3.10. The van der Waals surface area contributed by atoms with Crippen LogP contribution in [0.15, 0.2) is 24.3 Å². The van der Waals surface area contributed by atoms with Gasteiger partial charge in [0.1, 0.15) is 5.75 Å². The minimum absolute atomic E-state index is 0.230. The van der Waals surface area contributed by atoms with Gasteiger partial charge in [0, 0.05) is 12.6 Å². The number of hydrogen-bond acceptors (Lipinski definition) is 2. The molecule has 1 unspecified atom stereocenters. The van der Waals surface area contributed by atoms with Crippen molar-refractivity contribution in [1.82, 2.24) is 5.32 Å². The molecule has 108 valence electrons. The average Bonchev–Trinajstić information content (AvgIpc) is 2.33. The molecule has 0 radical (unpaired) electrons. The molecule has 0 aliphatic carbocycles. The Bertz CT molecular complexity index is 360. The fraction of sp³-hybridized carbons (Fsp3) is 0.647. The SMILES string of the molecule is CC(C)CCC(C)NCc1cccc(OC(C)C)c1. The summed E-state index contributed by atoms with van der Waals surface area (Å²) in [7, 11) is 0. The second kappa shape index (κ2) is 8.21. The van der Waals surface area contributed by atoms with Crippen molar-refractivity contribution < 1.29 is 4.74 Å². The molecule has 1 N–H and O–H groups in total. The predicted octanol–water partition coefficient (Wildman–Crippen LogP) is 4.39. The first-order valence-electron chi connectivity index (χ1n) is 7.46. The molecule has 0 aliphatic rings. The first-order chi connectivity index (χ1) is 8.97. The molecule has 19 heavy (non-hydrogen) atoms. The molecule has 0 aromatic heterocycles. The third-order valence-electron chi connectivity index (χ3n) is 3.10. The van der Waals surface area contributed by atoms with E-state index >= 15 is 0 Å². The van der Waals surface area contributed by atoms with Gasteiger partial charge in [0.15, 0.2) is 0 Å². The fourth-order valence-corrected chi connectivity index (χ4v) is 1.98. The minimum atomic E-state index is 0.230. The van der Waals surface area contributed by atoms with Crippen LogP contribution >= 0.6 is 0 Å². The summed E-state index contributed by atoms with van der Waals surface area (Å²) in [5, 5.41) is 3.58. The summed E-state index contributed by atoms with van der Waals surface area (Å²) in [5.74, 6) is 1.75. The van der Waals surface area contributed by atoms with Gasteiger partial charge < -0.3 is 10.1 Å². The summed E-state index contributed by atoms with van der Waals surface area (Å²) < 4.78 is 5.71. The van der Waals surface area contributed by atoms with E-state index in [4.69, 9.17) is 4.74 Å². The Morgan fingerprint density at radius 2 is 1.79 bits per heavy atom. The van der Waals surface area contributed by atoms with Crippen LogP contribution in [-0.2, 0) is 6.54 Å². The molecule has 0 aliphatic heterocycles. The quantitative estimate of drug-likeness (QED) is 0.751. The smallest absolute Gasteiger partial charge is 0.120 e. The van der Waals surface area contributed by atoms with Gasteiger partial charge in [0.25, 0.3) is 0 Å². The highest BCUT2D eigenvalue weighted by atomic mass is 16.5. The topological polar surface area (TPSA) is 21.3 Å². The molecule has 1 atom stereocenters. The lowest BCUT2D eigenvalue weighted by molar-refractivity contribution is 0.242. The Kier molecular flexibility index (Phi) is 6.93. The van der Waals surface area contributed by atoms with Crippen LogP contribution in [0.2, 0.25) is 0 Å². The molecule has 0 amide bonds. The largest absolute Gasteiger partial charge is 0.491 e. The van der Waals surface area contributed by atoms with E-state index in [2.05, 4.69) is 58.1 Å². The monoisotopic (exact) mass is 263 g/mol. The normalized spacial score (nSPS) is 13.0. The first-order valence-corrected chi connectivity index (χ1v) is 7.46. The number of hydrogen-bond donors (Lipinski definition) is 1. The minimum Gasteiger partial charge on any atom is -0.491 e. The lowest BCUT2D eigenvalue weighted by atomic mass is 10.0. The van der Waals surface area contributed by atoms with E-state index in [0.717, 1.165) is 18.2 Å². The highest BCUT2D eigenvalue weighted by Gasteiger charge is 2.04. The van der Waals surface area contributed by atoms with Crippen LogP contribution in [0.4, 0.5) is 0 Å². The Balaban J connectivity index is 2.40. The predicted molar refractivity (Wildman–Crippen MR) is 82.6 cm³/mol. The van der Waals surface area contributed by atoms with Crippen LogP contribution in [0.1, 0.15) is 53.0 Å². The lowest BCUT2D eigenvalue weighted by Crippen LogP contribution is -2.25. The van der Waals surface area contributed by atoms with E-state index in [0.29, 0.717) is 6.04 Å². The average molecular weight is 263 g/mol. The first kappa shape index (κ1) is 16.0. The van der Waals surface area contributed by atoms with Crippen molar-refractivity contribution in [3.63, 3.8) is 0 Å². The standard InChI is InChI=1S/C17H29NO/c1-13(2)9-10-15(5)18-12-16-7-6-8-17(11-16)19-14(3)4/h6-8,11,13-15,18H,9-10,12H2,1-5H3. The van der Waals surface area contributed by atoms with Gasteiger partial charge >= 0.3 is 0 Å². The van der Waals surface area contributed by atoms with Gasteiger partial charge in [-0.1, -0.05) is 26.0 Å². The molecule has 2 heteroatoms. The maximum atomic E-state index is 5.71. The summed E-state index contributed by atoms with van der Waals surface area (Å²) in [6.07, 6.45) is 2.75. The van der Waals surface area contributed by atoms with E-state index in [1.54, 1.807) is 0 Å². The van der Waals surface area contributed by atoms with E-state index in [1.807, 2.05) is 6.07 Å². The molecular weight excluding hydrogens is 234 g/mol. The number of ether oxygens (including phenoxy) is 1. The summed E-state index contributed by atoms with van der Waals surface area (Å²) >= 11 is 0. The molecule has 0 bridgehead atoms. The summed E-state index contributed by atoms with van der Waals surface area (Å²) in [6.45, 7) is 11.8. The van der Waals surface area contributed by atoms with Gasteiger partial charge in [-0.05, 0) is 57.2 Å². The van der Waals surface area contributed by atoms with Gasteiger partial charge in [-0.3, -0.25) is 0 Å². The van der Waals surface area contributed by atoms with Crippen molar-refractivity contribution >= 4 is 0 Å². The highest BCUT2D eigenvalue weighted by Crippen LogP contribution is 2.15. The maximum absolute atomic E-state index is 5.71. The zero-order valence-electron chi connectivity index (χ0n) is 13.1. The van der Waals surface area contributed by atoms with E-state index < -0.39 is 0 Å². The summed E-state index contributed by atoms with van der Waals surface area (Å²) in [6, 6.07) is 8.92. The van der Waals surface area contributed by atoms with Crippen LogP contribution in [0.25, 0.3) is 0 Å². The number of benzene rings is 1. The van der Waals surface area contributed by atoms with Crippen LogP contribution in [-0.4, -0.2) is 12.1 Å². The summed E-state index contributed by atoms with van der Waals surface area (Å²) in [5.41, 5.74) is 1.29. The molecule has 0 fully saturated rings. The van der Waals surface area contributed by atoms with Crippen LogP contribution < -0.4 is 10.1 Å². The molecule has 0 heterocycles. The fourth-order valence-electron chi connectivity index (χ4n) is 1.98.